The van der Waals surface area contributed by atoms with E-state index in [4.69, 9.17) is 4.74 Å². The first-order chi connectivity index (χ1) is 13.1. The summed E-state index contributed by atoms with van der Waals surface area (Å²) >= 11 is 1.72. The topological polar surface area (TPSA) is 79.4 Å². The monoisotopic (exact) mass is 427 g/mol. The summed E-state index contributed by atoms with van der Waals surface area (Å²) in [4.78, 5) is 26.0. The first-order valence-electron chi connectivity index (χ1n) is 9.54. The van der Waals surface area contributed by atoms with Crippen molar-refractivity contribution in [2.24, 2.45) is 5.92 Å². The molecule has 156 valence electrons. The lowest BCUT2D eigenvalue weighted by molar-refractivity contribution is -0.125. The van der Waals surface area contributed by atoms with Gasteiger partial charge in [-0.3, -0.25) is 4.79 Å². The van der Waals surface area contributed by atoms with E-state index in [0.717, 1.165) is 49.7 Å². The van der Waals surface area contributed by atoms with Crippen molar-refractivity contribution in [1.29, 1.82) is 0 Å². The van der Waals surface area contributed by atoms with E-state index in [2.05, 4.69) is 39.3 Å². The molecule has 0 radical (unpaired) electrons. The zero-order valence-corrected chi connectivity index (χ0v) is 18.4. The number of carbonyl (C=O) groups excluding carboxylic acids is 1. The number of fused-ring (bicyclic) bond motifs is 1. The minimum Gasteiger partial charge on any atom is -0.383 e. The Kier molecular flexibility index (Phi) is 8.88. The van der Waals surface area contributed by atoms with Crippen LogP contribution in [-0.2, 0) is 9.53 Å². The molecule has 3 heterocycles. The van der Waals surface area contributed by atoms with Gasteiger partial charge in [-0.05, 0) is 32.3 Å². The van der Waals surface area contributed by atoms with Gasteiger partial charge in [-0.25, -0.2) is 9.97 Å². The average molecular weight is 428 g/mol. The Morgan fingerprint density at radius 1 is 1.25 bits per heavy atom. The summed E-state index contributed by atoms with van der Waals surface area (Å²) in [5.74, 6) is 1.27. The van der Waals surface area contributed by atoms with E-state index in [1.54, 1.807) is 24.8 Å². The number of thiophene rings is 1. The van der Waals surface area contributed by atoms with E-state index in [-0.39, 0.29) is 24.2 Å². The Morgan fingerprint density at radius 3 is 2.71 bits per heavy atom. The number of aryl methyl sites for hydroxylation is 2. The van der Waals surface area contributed by atoms with Crippen molar-refractivity contribution >= 4 is 45.7 Å². The Morgan fingerprint density at radius 2 is 2.00 bits per heavy atom. The third kappa shape index (κ3) is 5.31. The molecule has 0 aliphatic carbocycles. The van der Waals surface area contributed by atoms with Crippen LogP contribution in [0.25, 0.3) is 10.2 Å². The first kappa shape index (κ1) is 22.8. The van der Waals surface area contributed by atoms with Crippen molar-refractivity contribution in [1.82, 2.24) is 20.6 Å². The van der Waals surface area contributed by atoms with Gasteiger partial charge in [-0.15, -0.1) is 23.7 Å². The van der Waals surface area contributed by atoms with Crippen molar-refractivity contribution in [2.75, 3.05) is 51.3 Å². The minimum absolute atomic E-state index is 0. The summed E-state index contributed by atoms with van der Waals surface area (Å²) in [6.45, 7) is 8.89. The second-order valence-corrected chi connectivity index (χ2v) is 8.16. The fourth-order valence-corrected chi connectivity index (χ4v) is 4.47. The van der Waals surface area contributed by atoms with E-state index >= 15 is 0 Å². The molecule has 1 saturated heterocycles. The minimum atomic E-state index is 0. The van der Waals surface area contributed by atoms with Gasteiger partial charge in [-0.1, -0.05) is 0 Å². The maximum absolute atomic E-state index is 12.4. The molecule has 0 saturated carbocycles. The molecule has 7 nitrogen and oxygen atoms in total. The van der Waals surface area contributed by atoms with Crippen molar-refractivity contribution < 1.29 is 9.53 Å². The number of hydrogen-bond acceptors (Lipinski definition) is 7. The first-order valence-corrected chi connectivity index (χ1v) is 10.4. The van der Waals surface area contributed by atoms with Gasteiger partial charge in [0.05, 0.1) is 12.0 Å². The van der Waals surface area contributed by atoms with Crippen LogP contribution in [0, 0.1) is 19.8 Å². The van der Waals surface area contributed by atoms with Gasteiger partial charge in [0.1, 0.15) is 17.0 Å². The maximum atomic E-state index is 12.4. The normalized spacial score (nSPS) is 14.9. The number of aromatic nitrogens is 2. The molecule has 9 heteroatoms. The summed E-state index contributed by atoms with van der Waals surface area (Å²) in [6.07, 6.45) is 3.37. The summed E-state index contributed by atoms with van der Waals surface area (Å²) in [6, 6.07) is 0. The van der Waals surface area contributed by atoms with Gasteiger partial charge in [0.25, 0.3) is 0 Å². The van der Waals surface area contributed by atoms with Gasteiger partial charge in [0, 0.05) is 50.6 Å². The Balaban J connectivity index is 0.00000280. The molecule has 28 heavy (non-hydrogen) atoms. The standard InChI is InChI=1S/C19H29N5O2S.ClH/c1-13-14(2)27-19-16(13)17(22-12-23-19)24-9-4-15(5-10-24)18(25)21-7-6-20-8-11-26-3;/h12,15,20H,4-11H2,1-3H3,(H,21,25);1H. The number of piperidine rings is 1. The fourth-order valence-electron chi connectivity index (χ4n) is 3.47. The highest BCUT2D eigenvalue weighted by Gasteiger charge is 2.27. The number of hydrogen-bond donors (Lipinski definition) is 2. The van der Waals surface area contributed by atoms with E-state index in [1.807, 2.05) is 0 Å². The molecule has 1 amide bonds. The predicted octanol–water partition coefficient (Wildman–Crippen LogP) is 2.30. The highest BCUT2D eigenvalue weighted by Crippen LogP contribution is 2.35. The third-order valence-corrected chi connectivity index (χ3v) is 6.31. The van der Waals surface area contributed by atoms with Crippen LogP contribution in [-0.4, -0.2) is 62.3 Å². The second kappa shape index (κ2) is 10.9. The van der Waals surface area contributed by atoms with E-state index < -0.39 is 0 Å². The molecule has 1 aliphatic rings. The van der Waals surface area contributed by atoms with Crippen LogP contribution in [0.15, 0.2) is 6.33 Å². The number of amides is 1. The predicted molar refractivity (Wildman–Crippen MR) is 117 cm³/mol. The van der Waals surface area contributed by atoms with Crippen LogP contribution in [0.3, 0.4) is 0 Å². The van der Waals surface area contributed by atoms with Crippen LogP contribution < -0.4 is 15.5 Å². The van der Waals surface area contributed by atoms with Crippen molar-refractivity contribution in [2.45, 2.75) is 26.7 Å². The lowest BCUT2D eigenvalue weighted by atomic mass is 9.95. The molecule has 0 aromatic carbocycles. The average Bonchev–Trinajstić information content (AvgIpc) is 2.98. The molecule has 2 aromatic heterocycles. The number of carbonyl (C=O) groups is 1. The molecule has 0 unspecified atom stereocenters. The molecule has 1 fully saturated rings. The van der Waals surface area contributed by atoms with Gasteiger partial charge in [0.2, 0.25) is 5.91 Å². The third-order valence-electron chi connectivity index (χ3n) is 5.19. The molecule has 2 aromatic rings. The highest BCUT2D eigenvalue weighted by atomic mass is 35.5. The number of ether oxygens (including phenoxy) is 1. The Bertz CT molecular complexity index is 777. The van der Waals surface area contributed by atoms with Crippen LogP contribution in [0.1, 0.15) is 23.3 Å². The van der Waals surface area contributed by atoms with E-state index in [0.29, 0.717) is 13.2 Å². The highest BCUT2D eigenvalue weighted by molar-refractivity contribution is 7.18. The number of nitrogens with zero attached hydrogens (tertiary/aromatic N) is 3. The van der Waals surface area contributed by atoms with Crippen molar-refractivity contribution in [3.63, 3.8) is 0 Å². The molecule has 0 bridgehead atoms. The molecule has 0 atom stereocenters. The maximum Gasteiger partial charge on any atom is 0.223 e. The van der Waals surface area contributed by atoms with Gasteiger partial charge < -0.3 is 20.3 Å². The molecular formula is C19H30ClN5O2S. The lowest BCUT2D eigenvalue weighted by Gasteiger charge is -2.32. The zero-order chi connectivity index (χ0) is 19.2. The number of nitrogens with one attached hydrogen (secondary N) is 2. The summed E-state index contributed by atoms with van der Waals surface area (Å²) in [7, 11) is 1.68. The summed E-state index contributed by atoms with van der Waals surface area (Å²) in [5.41, 5.74) is 1.27. The quantitative estimate of drug-likeness (QED) is 0.629. The molecular weight excluding hydrogens is 398 g/mol. The summed E-state index contributed by atoms with van der Waals surface area (Å²) < 4.78 is 4.98. The molecule has 1 aliphatic heterocycles. The summed E-state index contributed by atoms with van der Waals surface area (Å²) in [5, 5.41) is 7.45. The fraction of sp³-hybridized carbons (Fsp3) is 0.632. The number of anilines is 1. The second-order valence-electron chi connectivity index (χ2n) is 6.96. The number of rotatable bonds is 8. The largest absolute Gasteiger partial charge is 0.383 e. The number of methoxy groups -OCH3 is 1. The van der Waals surface area contributed by atoms with Crippen LogP contribution >= 0.6 is 23.7 Å². The zero-order valence-electron chi connectivity index (χ0n) is 16.8. The van der Waals surface area contributed by atoms with Gasteiger partial charge in [-0.2, -0.15) is 0 Å². The molecule has 0 spiro atoms. The van der Waals surface area contributed by atoms with Gasteiger partial charge in [0.15, 0.2) is 0 Å². The molecule has 3 rings (SSSR count). The molecule has 2 N–H and O–H groups in total. The van der Waals surface area contributed by atoms with Gasteiger partial charge >= 0.3 is 0 Å². The lowest BCUT2D eigenvalue weighted by Crippen LogP contribution is -2.42. The van der Waals surface area contributed by atoms with E-state index in [9.17, 15) is 4.79 Å². The number of halogens is 1. The van der Waals surface area contributed by atoms with E-state index in [1.165, 1.54) is 15.8 Å². The smallest absolute Gasteiger partial charge is 0.223 e. The van der Waals surface area contributed by atoms with Crippen molar-refractivity contribution in [3.05, 3.63) is 16.8 Å². The van der Waals surface area contributed by atoms with Crippen LogP contribution in [0.4, 0.5) is 5.82 Å². The van der Waals surface area contributed by atoms with Crippen LogP contribution in [0.5, 0.6) is 0 Å². The Labute approximate surface area is 176 Å². The Hall–Kier alpha value is -1.48. The van der Waals surface area contributed by atoms with Crippen molar-refractivity contribution in [3.8, 4) is 0 Å². The van der Waals surface area contributed by atoms with Crippen LogP contribution in [0.2, 0.25) is 0 Å². The SMILES string of the molecule is COCCNCCNC(=O)C1CCN(c2ncnc3sc(C)c(C)c23)CC1.Cl.